The molecule has 0 aliphatic heterocycles. The van der Waals surface area contributed by atoms with Crippen molar-refractivity contribution in [2.45, 2.75) is 26.7 Å². The summed E-state index contributed by atoms with van der Waals surface area (Å²) in [5, 5.41) is 3.05. The number of hydrogen-bond acceptors (Lipinski definition) is 4. The van der Waals surface area contributed by atoms with E-state index in [1.165, 1.54) is 6.07 Å². The van der Waals surface area contributed by atoms with Crippen molar-refractivity contribution in [2.24, 2.45) is 0 Å². The predicted octanol–water partition coefficient (Wildman–Crippen LogP) is 1.31. The largest absolute Gasteiger partial charge is 0.380 e. The molecule has 2 N–H and O–H groups in total. The molecule has 1 heterocycles. The summed E-state index contributed by atoms with van der Waals surface area (Å²) in [4.78, 5) is 17.9. The molecule has 0 unspecified atom stereocenters. The van der Waals surface area contributed by atoms with Gasteiger partial charge in [0.15, 0.2) is 0 Å². The van der Waals surface area contributed by atoms with Gasteiger partial charge in [-0.2, -0.15) is 0 Å². The van der Waals surface area contributed by atoms with E-state index in [2.05, 4.69) is 22.2 Å². The number of nitrogens with one attached hydrogen (secondary N) is 2. The summed E-state index contributed by atoms with van der Waals surface area (Å²) in [5.41, 5.74) is -0.137. The number of unbranched alkanes of at least 4 members (excludes halogenated alkanes) is 1. The Balaban J connectivity index is 2.24. The SMILES string of the molecule is CCCCOCCNc1cc(=O)[nH]c(C)n1. The van der Waals surface area contributed by atoms with Gasteiger partial charge < -0.3 is 15.0 Å². The van der Waals surface area contributed by atoms with Crippen LogP contribution in [-0.2, 0) is 4.74 Å². The molecule has 0 atom stereocenters. The number of aromatic nitrogens is 2. The molecular weight excluding hydrogens is 206 g/mol. The third-order valence-corrected chi connectivity index (χ3v) is 2.05. The molecule has 1 rings (SSSR count). The summed E-state index contributed by atoms with van der Waals surface area (Å²) in [6, 6.07) is 1.44. The minimum Gasteiger partial charge on any atom is -0.380 e. The number of aromatic amines is 1. The lowest BCUT2D eigenvalue weighted by atomic mass is 10.4. The van der Waals surface area contributed by atoms with Crippen molar-refractivity contribution < 1.29 is 4.74 Å². The molecule has 0 amide bonds. The Bertz CT molecular complexity index is 362. The zero-order valence-electron chi connectivity index (χ0n) is 9.88. The Labute approximate surface area is 95.3 Å². The van der Waals surface area contributed by atoms with E-state index >= 15 is 0 Å². The summed E-state index contributed by atoms with van der Waals surface area (Å²) in [6.45, 7) is 5.97. The molecule has 0 aromatic carbocycles. The molecule has 1 aromatic heterocycles. The highest BCUT2D eigenvalue weighted by atomic mass is 16.5. The molecule has 0 saturated heterocycles. The third kappa shape index (κ3) is 4.93. The highest BCUT2D eigenvalue weighted by Gasteiger charge is 1.96. The predicted molar refractivity (Wildman–Crippen MR) is 63.8 cm³/mol. The Morgan fingerprint density at radius 2 is 2.31 bits per heavy atom. The maximum absolute atomic E-state index is 11.1. The lowest BCUT2D eigenvalue weighted by Gasteiger charge is -2.06. The van der Waals surface area contributed by atoms with Crippen LogP contribution in [0.3, 0.4) is 0 Å². The van der Waals surface area contributed by atoms with Crippen molar-refractivity contribution in [3.63, 3.8) is 0 Å². The van der Waals surface area contributed by atoms with Gasteiger partial charge in [0.25, 0.3) is 5.56 Å². The van der Waals surface area contributed by atoms with E-state index in [1.54, 1.807) is 6.92 Å². The first-order valence-corrected chi connectivity index (χ1v) is 5.62. The average molecular weight is 225 g/mol. The minimum atomic E-state index is -0.137. The van der Waals surface area contributed by atoms with Gasteiger partial charge in [-0.1, -0.05) is 13.3 Å². The summed E-state index contributed by atoms with van der Waals surface area (Å²) >= 11 is 0. The number of H-pyrrole nitrogens is 1. The third-order valence-electron chi connectivity index (χ3n) is 2.05. The molecule has 0 radical (unpaired) electrons. The molecule has 5 heteroatoms. The van der Waals surface area contributed by atoms with Crippen LogP contribution in [-0.4, -0.2) is 29.7 Å². The maximum Gasteiger partial charge on any atom is 0.252 e. The number of ether oxygens (including phenoxy) is 1. The van der Waals surface area contributed by atoms with E-state index < -0.39 is 0 Å². The number of aryl methyl sites for hydroxylation is 1. The summed E-state index contributed by atoms with van der Waals surface area (Å²) in [5.74, 6) is 1.21. The summed E-state index contributed by atoms with van der Waals surface area (Å²) in [7, 11) is 0. The second-order valence-corrected chi connectivity index (χ2v) is 3.61. The summed E-state index contributed by atoms with van der Waals surface area (Å²) < 4.78 is 5.38. The van der Waals surface area contributed by atoms with Crippen molar-refractivity contribution in [1.29, 1.82) is 0 Å². The van der Waals surface area contributed by atoms with Gasteiger partial charge in [-0.3, -0.25) is 4.79 Å². The van der Waals surface area contributed by atoms with Crippen LogP contribution in [0.1, 0.15) is 25.6 Å². The fourth-order valence-corrected chi connectivity index (χ4v) is 1.27. The molecule has 16 heavy (non-hydrogen) atoms. The van der Waals surface area contributed by atoms with Gasteiger partial charge in [-0.05, 0) is 13.3 Å². The zero-order valence-corrected chi connectivity index (χ0v) is 9.88. The van der Waals surface area contributed by atoms with Crippen LogP contribution in [0.4, 0.5) is 5.82 Å². The average Bonchev–Trinajstić information content (AvgIpc) is 2.22. The van der Waals surface area contributed by atoms with Gasteiger partial charge in [0.2, 0.25) is 0 Å². The Morgan fingerprint density at radius 3 is 3.00 bits per heavy atom. The van der Waals surface area contributed by atoms with E-state index in [-0.39, 0.29) is 5.56 Å². The molecular formula is C11H19N3O2. The second-order valence-electron chi connectivity index (χ2n) is 3.61. The fourth-order valence-electron chi connectivity index (χ4n) is 1.27. The van der Waals surface area contributed by atoms with E-state index in [4.69, 9.17) is 4.74 Å². The van der Waals surface area contributed by atoms with E-state index in [0.29, 0.717) is 24.8 Å². The smallest absolute Gasteiger partial charge is 0.252 e. The normalized spacial score (nSPS) is 10.4. The van der Waals surface area contributed by atoms with E-state index in [1.807, 2.05) is 0 Å². The van der Waals surface area contributed by atoms with E-state index in [9.17, 15) is 4.79 Å². The number of rotatable bonds is 7. The van der Waals surface area contributed by atoms with Crippen molar-refractivity contribution in [3.05, 3.63) is 22.2 Å². The molecule has 0 saturated carbocycles. The highest BCUT2D eigenvalue weighted by Crippen LogP contribution is 1.97. The van der Waals surface area contributed by atoms with Crippen LogP contribution in [0.5, 0.6) is 0 Å². The Hall–Kier alpha value is -1.36. The Morgan fingerprint density at radius 1 is 1.50 bits per heavy atom. The second kappa shape index (κ2) is 7.00. The standard InChI is InChI=1S/C11H19N3O2/c1-3-4-6-16-7-5-12-10-8-11(15)14-9(2)13-10/h8H,3-7H2,1-2H3,(H2,12,13,14,15). The van der Waals surface area contributed by atoms with Crippen LogP contribution >= 0.6 is 0 Å². The first kappa shape index (κ1) is 12.7. The quantitative estimate of drug-likeness (QED) is 0.686. The maximum atomic E-state index is 11.1. The molecule has 0 aliphatic carbocycles. The lowest BCUT2D eigenvalue weighted by Crippen LogP contribution is -2.15. The van der Waals surface area contributed by atoms with Gasteiger partial charge in [-0.15, -0.1) is 0 Å². The molecule has 1 aromatic rings. The lowest BCUT2D eigenvalue weighted by molar-refractivity contribution is 0.141. The van der Waals surface area contributed by atoms with Gasteiger partial charge in [0.05, 0.1) is 6.61 Å². The topological polar surface area (TPSA) is 67.0 Å². The van der Waals surface area contributed by atoms with Gasteiger partial charge >= 0.3 is 0 Å². The first-order chi connectivity index (χ1) is 7.72. The highest BCUT2D eigenvalue weighted by molar-refractivity contribution is 5.32. The molecule has 0 spiro atoms. The fraction of sp³-hybridized carbons (Fsp3) is 0.636. The van der Waals surface area contributed by atoms with Crippen LogP contribution in [0.2, 0.25) is 0 Å². The minimum absolute atomic E-state index is 0.137. The molecule has 90 valence electrons. The van der Waals surface area contributed by atoms with Crippen LogP contribution in [0.15, 0.2) is 10.9 Å². The van der Waals surface area contributed by atoms with Gasteiger partial charge in [-0.25, -0.2) is 4.98 Å². The summed E-state index contributed by atoms with van der Waals surface area (Å²) in [6.07, 6.45) is 2.23. The van der Waals surface area contributed by atoms with Crippen LogP contribution in [0, 0.1) is 6.92 Å². The molecule has 0 fully saturated rings. The number of hydrogen-bond donors (Lipinski definition) is 2. The monoisotopic (exact) mass is 225 g/mol. The first-order valence-electron chi connectivity index (χ1n) is 5.62. The Kier molecular flexibility index (Phi) is 5.56. The zero-order chi connectivity index (χ0) is 11.8. The number of nitrogens with zero attached hydrogens (tertiary/aromatic N) is 1. The van der Waals surface area contributed by atoms with Crippen molar-refractivity contribution >= 4 is 5.82 Å². The van der Waals surface area contributed by atoms with Crippen molar-refractivity contribution in [2.75, 3.05) is 25.1 Å². The molecule has 5 nitrogen and oxygen atoms in total. The van der Waals surface area contributed by atoms with Gasteiger partial charge in [0.1, 0.15) is 11.6 Å². The van der Waals surface area contributed by atoms with Crippen molar-refractivity contribution in [1.82, 2.24) is 9.97 Å². The molecule has 0 bridgehead atoms. The molecule has 0 aliphatic rings. The van der Waals surface area contributed by atoms with Crippen LogP contribution < -0.4 is 10.9 Å². The van der Waals surface area contributed by atoms with Gasteiger partial charge in [0, 0.05) is 19.2 Å². The number of anilines is 1. The van der Waals surface area contributed by atoms with Crippen LogP contribution in [0.25, 0.3) is 0 Å². The van der Waals surface area contributed by atoms with E-state index in [0.717, 1.165) is 19.4 Å². The van der Waals surface area contributed by atoms with Crippen molar-refractivity contribution in [3.8, 4) is 0 Å².